The van der Waals surface area contributed by atoms with Crippen LogP contribution >= 0.6 is 0 Å². The summed E-state index contributed by atoms with van der Waals surface area (Å²) in [6.45, 7) is 9.43. The van der Waals surface area contributed by atoms with Crippen molar-refractivity contribution in [2.45, 2.75) is 34.1 Å². The van der Waals surface area contributed by atoms with Crippen LogP contribution in [0.15, 0.2) is 18.3 Å². The maximum absolute atomic E-state index is 11.0. The molecule has 1 heterocycles. The van der Waals surface area contributed by atoms with Gasteiger partial charge in [0.25, 0.3) is 0 Å². The maximum atomic E-state index is 11.0. The van der Waals surface area contributed by atoms with E-state index in [0.717, 1.165) is 24.3 Å². The molecule has 0 aliphatic carbocycles. The maximum Gasteiger partial charge on any atom is 0.308 e. The van der Waals surface area contributed by atoms with Crippen LogP contribution in [-0.4, -0.2) is 29.1 Å². The van der Waals surface area contributed by atoms with Crippen molar-refractivity contribution in [3.05, 3.63) is 23.9 Å². The second kappa shape index (κ2) is 7.12. The van der Waals surface area contributed by atoms with Gasteiger partial charge >= 0.3 is 5.97 Å². The summed E-state index contributed by atoms with van der Waals surface area (Å²) in [4.78, 5) is 17.5. The van der Waals surface area contributed by atoms with E-state index in [4.69, 9.17) is 5.11 Å². The van der Waals surface area contributed by atoms with E-state index in [0.29, 0.717) is 12.5 Å². The Morgan fingerprint density at radius 3 is 2.63 bits per heavy atom. The quantitative estimate of drug-likeness (QED) is 0.822. The standard InChI is InChI=1S/C15H24N2O2/c1-11(2)6-8-17(10-13(4)15(18)19)14-9-12(3)5-7-16-14/h5,7,9,11,13H,6,8,10H2,1-4H3,(H,18,19). The molecule has 1 unspecified atom stereocenters. The van der Waals surface area contributed by atoms with Crippen LogP contribution in [0.5, 0.6) is 0 Å². The first-order valence-electron chi connectivity index (χ1n) is 6.80. The molecule has 0 spiro atoms. The average molecular weight is 264 g/mol. The van der Waals surface area contributed by atoms with E-state index < -0.39 is 11.9 Å². The van der Waals surface area contributed by atoms with Crippen molar-refractivity contribution in [1.29, 1.82) is 0 Å². The van der Waals surface area contributed by atoms with Crippen molar-refractivity contribution in [2.75, 3.05) is 18.0 Å². The number of rotatable bonds is 7. The van der Waals surface area contributed by atoms with Crippen molar-refractivity contribution in [1.82, 2.24) is 4.98 Å². The van der Waals surface area contributed by atoms with E-state index in [1.807, 2.05) is 19.1 Å². The highest BCUT2D eigenvalue weighted by molar-refractivity contribution is 5.70. The molecule has 0 saturated carbocycles. The number of nitrogens with zero attached hydrogens (tertiary/aromatic N) is 2. The fourth-order valence-electron chi connectivity index (χ4n) is 1.82. The van der Waals surface area contributed by atoms with E-state index in [-0.39, 0.29) is 0 Å². The van der Waals surface area contributed by atoms with Crippen molar-refractivity contribution in [3.8, 4) is 0 Å². The SMILES string of the molecule is Cc1ccnc(N(CCC(C)C)CC(C)C(=O)O)c1. The van der Waals surface area contributed by atoms with Gasteiger partial charge in [0.05, 0.1) is 5.92 Å². The molecular formula is C15H24N2O2. The number of carboxylic acid groups (broad SMARTS) is 1. The summed E-state index contributed by atoms with van der Waals surface area (Å²) >= 11 is 0. The molecular weight excluding hydrogens is 240 g/mol. The molecule has 0 aliphatic rings. The monoisotopic (exact) mass is 264 g/mol. The summed E-state index contributed by atoms with van der Waals surface area (Å²) in [5, 5.41) is 9.06. The second-order valence-electron chi connectivity index (χ2n) is 5.56. The third-order valence-electron chi connectivity index (χ3n) is 3.12. The molecule has 106 valence electrons. The minimum atomic E-state index is -0.762. The lowest BCUT2D eigenvalue weighted by molar-refractivity contribution is -0.140. The van der Waals surface area contributed by atoms with Gasteiger partial charge in [-0.1, -0.05) is 20.8 Å². The number of pyridine rings is 1. The predicted molar refractivity (Wildman–Crippen MR) is 77.4 cm³/mol. The molecule has 1 aromatic rings. The minimum Gasteiger partial charge on any atom is -0.481 e. The number of anilines is 1. The van der Waals surface area contributed by atoms with Gasteiger partial charge in [0.2, 0.25) is 0 Å². The molecule has 19 heavy (non-hydrogen) atoms. The van der Waals surface area contributed by atoms with E-state index in [2.05, 4.69) is 23.7 Å². The summed E-state index contributed by atoms with van der Waals surface area (Å²) < 4.78 is 0. The molecule has 0 saturated heterocycles. The molecule has 0 aliphatic heterocycles. The zero-order valence-electron chi connectivity index (χ0n) is 12.3. The molecule has 1 N–H and O–H groups in total. The number of aryl methyl sites for hydroxylation is 1. The van der Waals surface area contributed by atoms with Gasteiger partial charge in [-0.25, -0.2) is 4.98 Å². The normalized spacial score (nSPS) is 12.5. The van der Waals surface area contributed by atoms with Crippen molar-refractivity contribution >= 4 is 11.8 Å². The Bertz CT molecular complexity index is 418. The van der Waals surface area contributed by atoms with Crippen LogP contribution in [0.2, 0.25) is 0 Å². The lowest BCUT2D eigenvalue weighted by atomic mass is 10.1. The van der Waals surface area contributed by atoms with Gasteiger partial charge in [-0.2, -0.15) is 0 Å². The summed E-state index contributed by atoms with van der Waals surface area (Å²) in [7, 11) is 0. The van der Waals surface area contributed by atoms with E-state index in [1.165, 1.54) is 0 Å². The van der Waals surface area contributed by atoms with Crippen LogP contribution in [0, 0.1) is 18.8 Å². The molecule has 0 fully saturated rings. The van der Waals surface area contributed by atoms with Gasteiger partial charge < -0.3 is 10.0 Å². The topological polar surface area (TPSA) is 53.4 Å². The zero-order valence-corrected chi connectivity index (χ0v) is 12.3. The van der Waals surface area contributed by atoms with Crippen LogP contribution in [-0.2, 0) is 4.79 Å². The number of aromatic nitrogens is 1. The predicted octanol–water partition coefficient (Wildman–Crippen LogP) is 2.96. The molecule has 0 radical (unpaired) electrons. The van der Waals surface area contributed by atoms with Gasteiger partial charge in [-0.3, -0.25) is 4.79 Å². The fraction of sp³-hybridized carbons (Fsp3) is 0.600. The van der Waals surface area contributed by atoms with E-state index >= 15 is 0 Å². The van der Waals surface area contributed by atoms with E-state index in [9.17, 15) is 4.79 Å². The minimum absolute atomic E-state index is 0.394. The molecule has 1 aromatic heterocycles. The highest BCUT2D eigenvalue weighted by atomic mass is 16.4. The number of carbonyl (C=O) groups is 1. The first-order chi connectivity index (χ1) is 8.90. The number of hydrogen-bond acceptors (Lipinski definition) is 3. The Morgan fingerprint density at radius 1 is 1.42 bits per heavy atom. The number of carboxylic acids is 1. The molecule has 0 aromatic carbocycles. The third-order valence-corrected chi connectivity index (χ3v) is 3.12. The van der Waals surface area contributed by atoms with Crippen molar-refractivity contribution < 1.29 is 9.90 Å². The van der Waals surface area contributed by atoms with Gasteiger partial charge in [-0.05, 0) is 37.0 Å². The molecule has 0 bridgehead atoms. The molecule has 0 amide bonds. The molecule has 1 rings (SSSR count). The average Bonchev–Trinajstić information content (AvgIpc) is 2.33. The Hall–Kier alpha value is -1.58. The Labute approximate surface area is 115 Å². The van der Waals surface area contributed by atoms with Gasteiger partial charge in [0, 0.05) is 19.3 Å². The summed E-state index contributed by atoms with van der Waals surface area (Å²) in [5.41, 5.74) is 1.14. The Kier molecular flexibility index (Phi) is 5.80. The molecule has 1 atom stereocenters. The van der Waals surface area contributed by atoms with Crippen LogP contribution in [0.3, 0.4) is 0 Å². The van der Waals surface area contributed by atoms with Crippen LogP contribution < -0.4 is 4.90 Å². The highest BCUT2D eigenvalue weighted by Crippen LogP contribution is 2.16. The smallest absolute Gasteiger partial charge is 0.308 e. The number of aliphatic carboxylic acids is 1. The first kappa shape index (κ1) is 15.5. The first-order valence-corrected chi connectivity index (χ1v) is 6.80. The van der Waals surface area contributed by atoms with E-state index in [1.54, 1.807) is 13.1 Å². The Morgan fingerprint density at radius 2 is 2.11 bits per heavy atom. The fourth-order valence-corrected chi connectivity index (χ4v) is 1.82. The van der Waals surface area contributed by atoms with Crippen molar-refractivity contribution in [3.63, 3.8) is 0 Å². The summed E-state index contributed by atoms with van der Waals surface area (Å²) in [5.74, 6) is 0.304. The lowest BCUT2D eigenvalue weighted by Crippen LogP contribution is -2.33. The van der Waals surface area contributed by atoms with Crippen molar-refractivity contribution in [2.24, 2.45) is 11.8 Å². The summed E-state index contributed by atoms with van der Waals surface area (Å²) in [6, 6.07) is 3.96. The van der Waals surface area contributed by atoms with Crippen LogP contribution in [0.4, 0.5) is 5.82 Å². The molecule has 4 nitrogen and oxygen atoms in total. The third kappa shape index (κ3) is 5.28. The molecule has 4 heteroatoms. The zero-order chi connectivity index (χ0) is 14.4. The van der Waals surface area contributed by atoms with Gasteiger partial charge in [0.1, 0.15) is 5.82 Å². The Balaban J connectivity index is 2.82. The number of hydrogen-bond donors (Lipinski definition) is 1. The van der Waals surface area contributed by atoms with Crippen LogP contribution in [0.1, 0.15) is 32.8 Å². The lowest BCUT2D eigenvalue weighted by Gasteiger charge is -2.26. The summed E-state index contributed by atoms with van der Waals surface area (Å²) in [6.07, 6.45) is 2.81. The van der Waals surface area contributed by atoms with Gasteiger partial charge in [0.15, 0.2) is 0 Å². The largest absolute Gasteiger partial charge is 0.481 e. The van der Waals surface area contributed by atoms with Gasteiger partial charge in [-0.15, -0.1) is 0 Å². The second-order valence-corrected chi connectivity index (χ2v) is 5.56. The highest BCUT2D eigenvalue weighted by Gasteiger charge is 2.17. The van der Waals surface area contributed by atoms with Crippen LogP contribution in [0.25, 0.3) is 0 Å².